The third-order valence-electron chi connectivity index (χ3n) is 8.81. The highest BCUT2D eigenvalue weighted by Gasteiger charge is 2.37. The fourth-order valence-corrected chi connectivity index (χ4v) is 6.42. The number of H-pyrrole nitrogens is 1. The first-order valence-electron chi connectivity index (χ1n) is 15.2. The zero-order valence-corrected chi connectivity index (χ0v) is 27.1. The Kier molecular flexibility index (Phi) is 10.6. The highest BCUT2D eigenvalue weighted by atomic mass is 16.5. The number of imidazole rings is 1. The standard InChI is InChI=1S/C33H50N4O6/c1-20-21(2)29-24(22(3)28(20)40)9-11-33(8,43-29)13-12-31(4,5)18-32(6,7)16-27(39)35-14-10-26(38)37-25(30(41)42)15-23-17-34-19-36-23/h17,19,25,40H,9-16,18H2,1-8H3,(H,34,36)(H,35,39)(H,37,38)(H,41,42)/t25?,33-/m0/s1. The summed E-state index contributed by atoms with van der Waals surface area (Å²) in [4.78, 5) is 43.3. The number of nitrogens with one attached hydrogen (secondary N) is 3. The number of carboxylic acids is 1. The first-order chi connectivity index (χ1) is 19.9. The Morgan fingerprint density at radius 1 is 1.09 bits per heavy atom. The maximum Gasteiger partial charge on any atom is 0.326 e. The summed E-state index contributed by atoms with van der Waals surface area (Å²) in [5.41, 5.74) is 3.90. The molecule has 43 heavy (non-hydrogen) atoms. The van der Waals surface area contributed by atoms with Crippen LogP contribution in [0.1, 0.15) is 101 Å². The van der Waals surface area contributed by atoms with Gasteiger partial charge < -0.3 is 30.6 Å². The average Bonchev–Trinajstić information content (AvgIpc) is 3.41. The number of carbonyl (C=O) groups is 3. The predicted molar refractivity (Wildman–Crippen MR) is 165 cm³/mol. The summed E-state index contributed by atoms with van der Waals surface area (Å²) in [6.45, 7) is 16.9. The molecule has 3 rings (SSSR count). The average molecular weight is 599 g/mol. The van der Waals surface area contributed by atoms with Gasteiger partial charge in [-0.2, -0.15) is 0 Å². The van der Waals surface area contributed by atoms with E-state index in [4.69, 9.17) is 4.74 Å². The van der Waals surface area contributed by atoms with Crippen molar-refractivity contribution in [2.75, 3.05) is 6.54 Å². The van der Waals surface area contributed by atoms with Crippen LogP contribution in [0.3, 0.4) is 0 Å². The Morgan fingerprint density at radius 3 is 2.42 bits per heavy atom. The smallest absolute Gasteiger partial charge is 0.326 e. The number of hydrogen-bond donors (Lipinski definition) is 5. The van der Waals surface area contributed by atoms with Crippen molar-refractivity contribution in [1.29, 1.82) is 0 Å². The molecule has 2 aromatic rings. The van der Waals surface area contributed by atoms with Crippen molar-refractivity contribution in [3.8, 4) is 11.5 Å². The van der Waals surface area contributed by atoms with E-state index >= 15 is 0 Å². The van der Waals surface area contributed by atoms with E-state index in [1.54, 1.807) is 0 Å². The van der Waals surface area contributed by atoms with Gasteiger partial charge in [0.05, 0.1) is 6.33 Å². The molecule has 2 atom stereocenters. The summed E-state index contributed by atoms with van der Waals surface area (Å²) < 4.78 is 6.64. The van der Waals surface area contributed by atoms with Crippen LogP contribution >= 0.6 is 0 Å². The van der Waals surface area contributed by atoms with Gasteiger partial charge in [-0.25, -0.2) is 9.78 Å². The molecule has 10 heteroatoms. The minimum Gasteiger partial charge on any atom is -0.507 e. The summed E-state index contributed by atoms with van der Waals surface area (Å²) >= 11 is 0. The molecule has 10 nitrogen and oxygen atoms in total. The second kappa shape index (κ2) is 13.4. The molecule has 0 saturated carbocycles. The molecule has 1 aliphatic heterocycles. The molecule has 0 bridgehead atoms. The Bertz CT molecular complexity index is 1320. The number of aromatic hydroxyl groups is 1. The van der Waals surface area contributed by atoms with Crippen LogP contribution in [0, 0.1) is 31.6 Å². The minimum atomic E-state index is -1.13. The Labute approximate surface area is 255 Å². The molecule has 0 radical (unpaired) electrons. The number of phenolic OH excluding ortho intramolecular Hbond substituents is 1. The largest absolute Gasteiger partial charge is 0.507 e. The van der Waals surface area contributed by atoms with Crippen molar-refractivity contribution >= 4 is 17.8 Å². The highest BCUT2D eigenvalue weighted by Crippen LogP contribution is 2.46. The van der Waals surface area contributed by atoms with E-state index in [2.05, 4.69) is 55.2 Å². The summed E-state index contributed by atoms with van der Waals surface area (Å²) in [6.07, 6.45) is 7.78. The van der Waals surface area contributed by atoms with Crippen LogP contribution in [0.2, 0.25) is 0 Å². The van der Waals surface area contributed by atoms with Gasteiger partial charge in [0.15, 0.2) is 0 Å². The predicted octanol–water partition coefficient (Wildman–Crippen LogP) is 5.06. The van der Waals surface area contributed by atoms with E-state index in [0.717, 1.165) is 60.1 Å². The van der Waals surface area contributed by atoms with Gasteiger partial charge in [0.25, 0.3) is 0 Å². The normalized spacial score (nSPS) is 17.5. The van der Waals surface area contributed by atoms with E-state index in [1.165, 1.54) is 12.5 Å². The summed E-state index contributed by atoms with van der Waals surface area (Å²) in [5, 5.41) is 25.2. The van der Waals surface area contributed by atoms with Gasteiger partial charge in [0, 0.05) is 43.3 Å². The van der Waals surface area contributed by atoms with Crippen molar-refractivity contribution in [3.63, 3.8) is 0 Å². The first-order valence-corrected chi connectivity index (χ1v) is 15.2. The number of carboxylic acid groups (broad SMARTS) is 1. The van der Waals surface area contributed by atoms with Crippen LogP contribution in [-0.2, 0) is 27.2 Å². The molecule has 1 aliphatic rings. The van der Waals surface area contributed by atoms with Gasteiger partial charge in [0.2, 0.25) is 11.8 Å². The molecule has 0 fully saturated rings. The molecule has 2 heterocycles. The van der Waals surface area contributed by atoms with Crippen LogP contribution in [0.5, 0.6) is 11.5 Å². The quantitative estimate of drug-likeness (QED) is 0.204. The lowest BCUT2D eigenvalue weighted by molar-refractivity contribution is -0.141. The molecule has 238 valence electrons. The number of aliphatic carboxylic acids is 1. The molecule has 0 aliphatic carbocycles. The minimum absolute atomic E-state index is 0.00965. The highest BCUT2D eigenvalue weighted by molar-refractivity contribution is 5.84. The lowest BCUT2D eigenvalue weighted by atomic mass is 9.70. The molecule has 2 amide bonds. The molecular weight excluding hydrogens is 548 g/mol. The number of carbonyl (C=O) groups excluding carboxylic acids is 2. The second-order valence-corrected chi connectivity index (χ2v) is 14.1. The van der Waals surface area contributed by atoms with Crippen LogP contribution in [0.4, 0.5) is 0 Å². The zero-order valence-electron chi connectivity index (χ0n) is 27.1. The van der Waals surface area contributed by atoms with E-state index in [0.29, 0.717) is 17.9 Å². The number of benzene rings is 1. The lowest BCUT2D eigenvalue weighted by Gasteiger charge is -2.41. The first kappa shape index (κ1) is 33.9. The van der Waals surface area contributed by atoms with Crippen LogP contribution in [0.15, 0.2) is 12.5 Å². The van der Waals surface area contributed by atoms with Crippen molar-refractivity contribution in [3.05, 3.63) is 40.5 Å². The van der Waals surface area contributed by atoms with Gasteiger partial charge in [-0.05, 0) is 87.3 Å². The van der Waals surface area contributed by atoms with E-state index < -0.39 is 17.9 Å². The van der Waals surface area contributed by atoms with Crippen LogP contribution in [-0.4, -0.2) is 56.2 Å². The fraction of sp³-hybridized carbons (Fsp3) is 0.636. The van der Waals surface area contributed by atoms with Crippen molar-refractivity contribution in [2.24, 2.45) is 10.8 Å². The van der Waals surface area contributed by atoms with Gasteiger partial charge in [-0.15, -0.1) is 0 Å². The second-order valence-electron chi connectivity index (χ2n) is 14.1. The van der Waals surface area contributed by atoms with E-state index in [-0.39, 0.29) is 41.7 Å². The summed E-state index contributed by atoms with van der Waals surface area (Å²) in [7, 11) is 0. The number of ether oxygens (including phenoxy) is 1. The molecule has 0 saturated heterocycles. The molecule has 1 aromatic heterocycles. The Morgan fingerprint density at radius 2 is 1.79 bits per heavy atom. The van der Waals surface area contributed by atoms with E-state index in [9.17, 15) is 24.6 Å². The molecule has 5 N–H and O–H groups in total. The third kappa shape index (κ3) is 9.21. The van der Waals surface area contributed by atoms with Crippen molar-refractivity contribution in [2.45, 2.75) is 118 Å². The van der Waals surface area contributed by atoms with Crippen LogP contribution in [0.25, 0.3) is 0 Å². The Hall–Kier alpha value is -3.56. The number of fused-ring (bicyclic) bond motifs is 1. The number of aromatic nitrogens is 2. The van der Waals surface area contributed by atoms with Crippen molar-refractivity contribution < 1.29 is 29.3 Å². The molecule has 0 spiro atoms. The number of amides is 2. The Balaban J connectivity index is 1.46. The number of nitrogens with zero attached hydrogens (tertiary/aromatic N) is 1. The monoisotopic (exact) mass is 598 g/mol. The van der Waals surface area contributed by atoms with Gasteiger partial charge >= 0.3 is 5.97 Å². The van der Waals surface area contributed by atoms with Gasteiger partial charge in [0.1, 0.15) is 23.1 Å². The lowest BCUT2D eigenvalue weighted by Crippen LogP contribution is -2.43. The maximum absolute atomic E-state index is 12.8. The number of aromatic amines is 1. The van der Waals surface area contributed by atoms with E-state index in [1.807, 2.05) is 20.8 Å². The number of phenols is 1. The maximum atomic E-state index is 12.8. The molecule has 1 aromatic carbocycles. The molecular formula is C33H50N4O6. The topological polar surface area (TPSA) is 154 Å². The molecule has 1 unspecified atom stereocenters. The van der Waals surface area contributed by atoms with Crippen molar-refractivity contribution in [1.82, 2.24) is 20.6 Å². The fourth-order valence-electron chi connectivity index (χ4n) is 6.42. The van der Waals surface area contributed by atoms with Gasteiger partial charge in [-0.3, -0.25) is 9.59 Å². The third-order valence-corrected chi connectivity index (χ3v) is 8.81. The van der Waals surface area contributed by atoms with Gasteiger partial charge in [-0.1, -0.05) is 27.7 Å². The summed E-state index contributed by atoms with van der Waals surface area (Å²) in [5.74, 6) is -0.421. The SMILES string of the molecule is Cc1c(C)c2c(c(C)c1O)CC[C@@](C)(CCC(C)(C)CC(C)(C)CC(=O)NCCC(=O)NC(Cc1cnc[nH]1)C(=O)O)O2. The number of rotatable bonds is 14. The number of hydrogen-bond acceptors (Lipinski definition) is 6. The summed E-state index contributed by atoms with van der Waals surface area (Å²) in [6, 6.07) is -1.08. The van der Waals surface area contributed by atoms with Crippen LogP contribution < -0.4 is 15.4 Å². The zero-order chi connectivity index (χ0) is 32.2.